The van der Waals surface area contributed by atoms with Crippen LogP contribution in [0.25, 0.3) is 0 Å². The lowest BCUT2D eigenvalue weighted by molar-refractivity contribution is 0.741. The Morgan fingerprint density at radius 2 is 0.679 bits per heavy atom. The van der Waals surface area contributed by atoms with Gasteiger partial charge in [0.25, 0.3) is 0 Å². The first-order valence-corrected chi connectivity index (χ1v) is 16.9. The SMILES string of the molecule is CC(C)[Si]1(C(C)C)C2c3ccccc3C(c3ccccc32)[Si]1(C(C)C)C(C)C. The average Bonchev–Trinajstić information content (AvgIpc) is 2.66. The maximum atomic E-state index is 2.60. The molecule has 28 heavy (non-hydrogen) atoms. The van der Waals surface area contributed by atoms with Gasteiger partial charge in [0.05, 0.1) is 15.2 Å². The Hall–Kier alpha value is -1.13. The van der Waals surface area contributed by atoms with Gasteiger partial charge in [-0.2, -0.15) is 0 Å². The van der Waals surface area contributed by atoms with Gasteiger partial charge in [-0.15, -0.1) is 0 Å². The first kappa shape index (κ1) is 20.2. The maximum Gasteiger partial charge on any atom is 0.0675 e. The topological polar surface area (TPSA) is 0 Å². The third-order valence-corrected chi connectivity index (χ3v) is 34.2. The summed E-state index contributed by atoms with van der Waals surface area (Å²) in [7, 11) is -3.37. The van der Waals surface area contributed by atoms with Gasteiger partial charge < -0.3 is 0 Å². The Morgan fingerprint density at radius 1 is 0.464 bits per heavy atom. The highest BCUT2D eigenvalue weighted by Crippen LogP contribution is 2.70. The molecule has 2 aromatic carbocycles. The molecule has 0 radical (unpaired) electrons. The third kappa shape index (κ3) is 2.11. The van der Waals surface area contributed by atoms with Crippen LogP contribution in [0.3, 0.4) is 0 Å². The molecule has 2 heterocycles. The molecule has 0 amide bonds. The summed E-state index contributed by atoms with van der Waals surface area (Å²) < 4.78 is 0. The van der Waals surface area contributed by atoms with Crippen LogP contribution in [0, 0.1) is 0 Å². The number of fused-ring (bicyclic) bond motifs is 1. The molecule has 0 aromatic heterocycles. The summed E-state index contributed by atoms with van der Waals surface area (Å²) >= 11 is 0. The van der Waals surface area contributed by atoms with Gasteiger partial charge in [-0.05, 0) is 22.3 Å². The molecule has 0 saturated carbocycles. The molecule has 0 nitrogen and oxygen atoms in total. The predicted molar refractivity (Wildman–Crippen MR) is 128 cm³/mol. The summed E-state index contributed by atoms with van der Waals surface area (Å²) in [6.45, 7) is 20.8. The minimum absolute atomic E-state index is 0.682. The lowest BCUT2D eigenvalue weighted by atomic mass is 9.85. The van der Waals surface area contributed by atoms with E-state index in [9.17, 15) is 0 Å². The van der Waals surface area contributed by atoms with Crippen molar-refractivity contribution in [1.29, 1.82) is 0 Å². The van der Waals surface area contributed by atoms with E-state index in [1.54, 1.807) is 22.3 Å². The molecule has 3 aliphatic rings. The molecule has 150 valence electrons. The van der Waals surface area contributed by atoms with Crippen molar-refractivity contribution in [3.63, 3.8) is 0 Å². The van der Waals surface area contributed by atoms with E-state index < -0.39 is 15.2 Å². The molecule has 2 bridgehead atoms. The van der Waals surface area contributed by atoms with Crippen LogP contribution in [-0.2, 0) is 0 Å². The van der Waals surface area contributed by atoms with Gasteiger partial charge in [0.2, 0.25) is 0 Å². The minimum atomic E-state index is -1.69. The van der Waals surface area contributed by atoms with Crippen molar-refractivity contribution in [1.82, 2.24) is 0 Å². The molecule has 2 heteroatoms. The third-order valence-electron chi connectivity index (χ3n) is 8.76. The molecule has 0 unspecified atom stereocenters. The number of rotatable bonds is 4. The zero-order valence-electron chi connectivity index (χ0n) is 19.1. The van der Waals surface area contributed by atoms with Crippen LogP contribution >= 0.6 is 0 Å². The van der Waals surface area contributed by atoms with Crippen LogP contribution in [-0.4, -0.2) is 15.2 Å². The highest BCUT2D eigenvalue weighted by molar-refractivity contribution is 7.46. The predicted octanol–water partition coefficient (Wildman–Crippen LogP) is 7.97. The molecule has 0 saturated heterocycles. The summed E-state index contributed by atoms with van der Waals surface area (Å²) in [6.07, 6.45) is 0. The van der Waals surface area contributed by atoms with E-state index in [4.69, 9.17) is 0 Å². The molecule has 0 N–H and O–H groups in total. The molecule has 1 aliphatic carbocycles. The van der Waals surface area contributed by atoms with Crippen LogP contribution in [0.5, 0.6) is 0 Å². The van der Waals surface area contributed by atoms with Crippen molar-refractivity contribution in [3.05, 3.63) is 70.8 Å². The zero-order valence-corrected chi connectivity index (χ0v) is 21.1. The molecule has 5 rings (SSSR count). The van der Waals surface area contributed by atoms with Crippen molar-refractivity contribution >= 4 is 15.2 Å². The van der Waals surface area contributed by atoms with E-state index in [1.807, 2.05) is 0 Å². The van der Waals surface area contributed by atoms with E-state index in [-0.39, 0.29) is 0 Å². The Bertz CT molecular complexity index is 742. The monoisotopic (exact) mass is 406 g/mol. The summed E-state index contributed by atoms with van der Waals surface area (Å²) in [5, 5.41) is 0. The Balaban J connectivity index is 2.24. The van der Waals surface area contributed by atoms with Crippen LogP contribution in [0.1, 0.15) is 88.7 Å². The van der Waals surface area contributed by atoms with Crippen molar-refractivity contribution in [2.75, 3.05) is 0 Å². The second-order valence-electron chi connectivity index (χ2n) is 10.6. The molecule has 0 atom stereocenters. The van der Waals surface area contributed by atoms with Gasteiger partial charge in [-0.3, -0.25) is 0 Å². The summed E-state index contributed by atoms with van der Waals surface area (Å²) in [4.78, 5) is 0. The van der Waals surface area contributed by atoms with Crippen LogP contribution in [0.4, 0.5) is 0 Å². The van der Waals surface area contributed by atoms with Gasteiger partial charge in [0.15, 0.2) is 0 Å². The highest BCUT2D eigenvalue weighted by Gasteiger charge is 2.72. The van der Waals surface area contributed by atoms with Crippen LogP contribution in [0.15, 0.2) is 48.5 Å². The molecule has 2 aliphatic heterocycles. The van der Waals surface area contributed by atoms with Crippen molar-refractivity contribution in [2.45, 2.75) is 88.6 Å². The maximum absolute atomic E-state index is 2.60. The van der Waals surface area contributed by atoms with E-state index in [1.165, 1.54) is 0 Å². The Kier molecular flexibility index (Phi) is 4.83. The summed E-state index contributed by atoms with van der Waals surface area (Å²) in [5.74, 6) is 0. The minimum Gasteiger partial charge on any atom is -0.0653 e. The summed E-state index contributed by atoms with van der Waals surface area (Å²) in [5.41, 5.74) is 11.4. The van der Waals surface area contributed by atoms with Gasteiger partial charge in [0, 0.05) is 11.1 Å². The van der Waals surface area contributed by atoms with Crippen LogP contribution in [0.2, 0.25) is 22.2 Å². The second-order valence-corrected chi connectivity index (χ2v) is 25.3. The number of hydrogen-bond acceptors (Lipinski definition) is 0. The Morgan fingerprint density at radius 3 is 0.857 bits per heavy atom. The quantitative estimate of drug-likeness (QED) is 0.451. The molecule has 2 aromatic rings. The van der Waals surface area contributed by atoms with Gasteiger partial charge in [0.1, 0.15) is 0 Å². The van der Waals surface area contributed by atoms with E-state index in [0.29, 0.717) is 11.1 Å². The Labute approximate surface area is 174 Å². The van der Waals surface area contributed by atoms with Gasteiger partial charge in [-0.25, -0.2) is 0 Å². The first-order chi connectivity index (χ1) is 13.2. The highest BCUT2D eigenvalue weighted by atomic mass is 29.3. The molecular weight excluding hydrogens is 368 g/mol. The fourth-order valence-electron chi connectivity index (χ4n) is 8.60. The fourth-order valence-corrected chi connectivity index (χ4v) is 38.9. The standard InChI is InChI=1S/C26H38Si2/c1-17(2)27(18(3)4)25-21-13-9-11-15-23(21)26(24-16-12-10-14-22(24)25)28(27,19(5)6)20(7)8/h9-20,25-26H,1-8H3. The largest absolute Gasteiger partial charge is 0.0675 e. The van der Waals surface area contributed by atoms with Crippen molar-refractivity contribution in [2.24, 2.45) is 0 Å². The second kappa shape index (κ2) is 6.70. The number of benzene rings is 2. The smallest absolute Gasteiger partial charge is 0.0653 e. The normalized spacial score (nSPS) is 24.1. The van der Waals surface area contributed by atoms with Crippen LogP contribution < -0.4 is 0 Å². The first-order valence-electron chi connectivity index (χ1n) is 11.4. The van der Waals surface area contributed by atoms with Crippen molar-refractivity contribution < 1.29 is 0 Å². The van der Waals surface area contributed by atoms with Gasteiger partial charge in [-0.1, -0.05) is 126 Å². The lowest BCUT2D eigenvalue weighted by Gasteiger charge is -2.70. The molecule has 0 fully saturated rings. The molecule has 0 spiro atoms. The average molecular weight is 407 g/mol. The number of hydrogen-bond donors (Lipinski definition) is 0. The lowest BCUT2D eigenvalue weighted by Crippen LogP contribution is -2.79. The van der Waals surface area contributed by atoms with Crippen molar-refractivity contribution in [3.8, 4) is 0 Å². The van der Waals surface area contributed by atoms with E-state index >= 15 is 0 Å². The van der Waals surface area contributed by atoms with E-state index in [2.05, 4.69) is 104 Å². The fraction of sp³-hybridized carbons (Fsp3) is 0.538. The molecular formula is C26H38Si2. The van der Waals surface area contributed by atoms with E-state index in [0.717, 1.165) is 22.2 Å². The van der Waals surface area contributed by atoms with Gasteiger partial charge >= 0.3 is 0 Å². The zero-order chi connectivity index (χ0) is 20.4. The summed E-state index contributed by atoms with van der Waals surface area (Å²) in [6, 6.07) is 19.2.